The minimum absolute atomic E-state index is 0.0286. The van der Waals surface area contributed by atoms with Crippen LogP contribution in [0, 0.1) is 35.5 Å². The van der Waals surface area contributed by atoms with Gasteiger partial charge < -0.3 is 20.3 Å². The Hall–Kier alpha value is -3.14. The van der Waals surface area contributed by atoms with E-state index in [-0.39, 0.29) is 12.0 Å². The lowest BCUT2D eigenvalue weighted by atomic mass is 9.76. The Balaban J connectivity index is 1.55. The van der Waals surface area contributed by atoms with Crippen LogP contribution in [0.1, 0.15) is 48.6 Å². The van der Waals surface area contributed by atoms with E-state index >= 15 is 0 Å². The molecule has 1 aliphatic heterocycles. The third-order valence-corrected chi connectivity index (χ3v) is 5.54. The zero-order valence-corrected chi connectivity index (χ0v) is 16.1. The Kier molecular flexibility index (Phi) is 5.35. The minimum atomic E-state index is -1.18. The number of hydrogen-bond acceptors (Lipinski definition) is 8. The molecule has 1 aromatic carbocycles. The fourth-order valence-corrected chi connectivity index (χ4v) is 3.98. The van der Waals surface area contributed by atoms with Crippen molar-refractivity contribution in [3.63, 3.8) is 0 Å². The summed E-state index contributed by atoms with van der Waals surface area (Å²) in [5.41, 5.74) is 2.42. The van der Waals surface area contributed by atoms with Crippen LogP contribution in [0.3, 0.4) is 0 Å². The van der Waals surface area contributed by atoms with Crippen molar-refractivity contribution in [1.82, 2.24) is 9.97 Å². The molecule has 0 radical (unpaired) electrons. The summed E-state index contributed by atoms with van der Waals surface area (Å²) in [6, 6.07) is 9.75. The first-order valence-electron chi connectivity index (χ1n) is 9.73. The van der Waals surface area contributed by atoms with Gasteiger partial charge in [0.25, 0.3) is 0 Å². The molecular formula is C20H21BN6O2. The van der Waals surface area contributed by atoms with Crippen molar-refractivity contribution >= 4 is 24.3 Å². The monoisotopic (exact) mass is 388 g/mol. The van der Waals surface area contributed by atoms with Crippen LogP contribution < -0.4 is 16.1 Å². The highest BCUT2D eigenvalue weighted by atomic mass is 16.5. The molecule has 0 saturated heterocycles. The van der Waals surface area contributed by atoms with Crippen molar-refractivity contribution in [2.45, 2.75) is 44.9 Å². The molecule has 0 spiro atoms. The van der Waals surface area contributed by atoms with Crippen LogP contribution in [0.2, 0.25) is 0 Å². The summed E-state index contributed by atoms with van der Waals surface area (Å²) < 4.78 is 5.58. The van der Waals surface area contributed by atoms with E-state index in [1.165, 1.54) is 0 Å². The average molecular weight is 388 g/mol. The largest absolute Gasteiger partial charge is 0.494 e. The zero-order chi connectivity index (χ0) is 20.4. The van der Waals surface area contributed by atoms with Crippen LogP contribution in [0.15, 0.2) is 24.4 Å². The smallest absolute Gasteiger partial charge is 0.423 e. The van der Waals surface area contributed by atoms with Gasteiger partial charge >= 0.3 is 7.12 Å². The molecule has 4 rings (SSSR count). The number of nitrogens with zero attached hydrogens (tertiary/aromatic N) is 4. The van der Waals surface area contributed by atoms with Crippen molar-refractivity contribution in [3.8, 4) is 12.1 Å². The quantitative estimate of drug-likeness (QED) is 0.679. The third kappa shape index (κ3) is 3.75. The second kappa shape index (κ2) is 8.08. The second-order valence-electron chi connectivity index (χ2n) is 7.43. The van der Waals surface area contributed by atoms with Gasteiger partial charge in [-0.1, -0.05) is 25.0 Å². The highest BCUT2D eigenvalue weighted by Gasteiger charge is 2.37. The molecule has 9 heteroatoms. The fraction of sp³-hybridized carbons (Fsp3) is 0.400. The summed E-state index contributed by atoms with van der Waals surface area (Å²) in [6.07, 6.45) is 5.06. The fourth-order valence-electron chi connectivity index (χ4n) is 3.98. The summed E-state index contributed by atoms with van der Waals surface area (Å²) in [5, 5.41) is 35.4. The molecule has 1 fully saturated rings. The highest BCUT2D eigenvalue weighted by molar-refractivity contribution is 6.62. The Morgan fingerprint density at radius 2 is 2.07 bits per heavy atom. The van der Waals surface area contributed by atoms with Gasteiger partial charge in [0.15, 0.2) is 0 Å². The zero-order valence-electron chi connectivity index (χ0n) is 16.1. The van der Waals surface area contributed by atoms with E-state index in [0.29, 0.717) is 28.4 Å². The number of benzene rings is 1. The highest BCUT2D eigenvalue weighted by Crippen LogP contribution is 2.29. The Morgan fingerprint density at radius 3 is 2.86 bits per heavy atom. The van der Waals surface area contributed by atoms with Gasteiger partial charge in [-0.3, -0.25) is 0 Å². The molecule has 1 aromatic heterocycles. The number of fused-ring (bicyclic) bond motifs is 1. The molecule has 0 bridgehead atoms. The lowest BCUT2D eigenvalue weighted by molar-refractivity contribution is 0.215. The Bertz CT molecular complexity index is 1000. The first-order chi connectivity index (χ1) is 14.1. The van der Waals surface area contributed by atoms with E-state index in [1.54, 1.807) is 24.4 Å². The summed E-state index contributed by atoms with van der Waals surface area (Å²) in [6.45, 7) is 1.92. The maximum atomic E-state index is 10.2. The number of rotatable bonds is 4. The molecule has 2 aliphatic rings. The number of nitriles is 2. The van der Waals surface area contributed by atoms with Crippen molar-refractivity contribution in [3.05, 3.63) is 41.1 Å². The molecule has 1 unspecified atom stereocenters. The lowest BCUT2D eigenvalue weighted by Gasteiger charge is -2.28. The van der Waals surface area contributed by atoms with E-state index in [4.69, 9.17) is 4.65 Å². The van der Waals surface area contributed by atoms with Gasteiger partial charge in [0, 0.05) is 28.8 Å². The van der Waals surface area contributed by atoms with Gasteiger partial charge in [0.05, 0.1) is 23.6 Å². The van der Waals surface area contributed by atoms with Crippen molar-refractivity contribution in [2.75, 3.05) is 10.6 Å². The molecular weight excluding hydrogens is 367 g/mol. The van der Waals surface area contributed by atoms with Crippen molar-refractivity contribution < 1.29 is 9.68 Å². The second-order valence-corrected chi connectivity index (χ2v) is 7.43. The molecule has 146 valence electrons. The molecule has 0 amide bonds. The average Bonchev–Trinajstić information content (AvgIpc) is 3.06. The van der Waals surface area contributed by atoms with E-state index < -0.39 is 13.3 Å². The number of aromatic nitrogens is 2. The van der Waals surface area contributed by atoms with Crippen LogP contribution in [-0.2, 0) is 4.65 Å². The SMILES string of the molecule is Cc1cnc(NC2OB(O)c3c(C#N)cccc32)nc1N[C@@H]1CCCC[C@H]1C#N. The summed E-state index contributed by atoms with van der Waals surface area (Å²) in [5.74, 6) is 0.994. The van der Waals surface area contributed by atoms with Gasteiger partial charge in [-0.25, -0.2) is 4.98 Å². The van der Waals surface area contributed by atoms with E-state index in [9.17, 15) is 15.5 Å². The molecule has 8 nitrogen and oxygen atoms in total. The van der Waals surface area contributed by atoms with Crippen LogP contribution in [0.4, 0.5) is 11.8 Å². The minimum Gasteiger partial charge on any atom is -0.423 e. The first-order valence-corrected chi connectivity index (χ1v) is 9.73. The van der Waals surface area contributed by atoms with Crippen molar-refractivity contribution in [2.24, 2.45) is 5.92 Å². The molecule has 1 aliphatic carbocycles. The standard InChI is InChI=1S/C20H21BN6O2/c1-12-11-24-20(26-18(12)25-16-8-3-2-5-13(16)9-22)27-19-15-7-4-6-14(10-23)17(15)21(28)29-19/h4,6-7,11,13,16,19,28H,2-3,5,8H2,1H3,(H2,24,25,26,27)/t13-,16+,19?/m0/s1. The van der Waals surface area contributed by atoms with E-state index in [0.717, 1.165) is 31.2 Å². The predicted molar refractivity (Wildman–Crippen MR) is 108 cm³/mol. The Labute approximate surface area is 169 Å². The van der Waals surface area contributed by atoms with Crippen LogP contribution in [-0.4, -0.2) is 28.2 Å². The first kappa shape index (κ1) is 19.2. The summed E-state index contributed by atoms with van der Waals surface area (Å²) in [7, 11) is -1.18. The number of hydrogen-bond donors (Lipinski definition) is 3. The van der Waals surface area contributed by atoms with E-state index in [2.05, 4.69) is 32.7 Å². The normalized spacial score (nSPS) is 23.0. The number of aryl methyl sites for hydroxylation is 1. The molecule has 3 N–H and O–H groups in total. The van der Waals surface area contributed by atoms with Crippen molar-refractivity contribution in [1.29, 1.82) is 10.5 Å². The summed E-state index contributed by atoms with van der Waals surface area (Å²) >= 11 is 0. The number of nitrogens with one attached hydrogen (secondary N) is 2. The molecule has 1 saturated carbocycles. The van der Waals surface area contributed by atoms with Gasteiger partial charge in [0.2, 0.25) is 5.95 Å². The molecule has 2 heterocycles. The van der Waals surface area contributed by atoms with Gasteiger partial charge in [0.1, 0.15) is 12.0 Å². The van der Waals surface area contributed by atoms with Gasteiger partial charge in [-0.2, -0.15) is 15.5 Å². The van der Waals surface area contributed by atoms with Crippen LogP contribution in [0.5, 0.6) is 0 Å². The molecule has 29 heavy (non-hydrogen) atoms. The Morgan fingerprint density at radius 1 is 1.24 bits per heavy atom. The van der Waals surface area contributed by atoms with Gasteiger partial charge in [-0.15, -0.1) is 0 Å². The predicted octanol–water partition coefficient (Wildman–Crippen LogP) is 1.98. The van der Waals surface area contributed by atoms with Gasteiger partial charge in [-0.05, 0) is 25.8 Å². The van der Waals surface area contributed by atoms with Crippen LogP contribution >= 0.6 is 0 Å². The third-order valence-electron chi connectivity index (χ3n) is 5.54. The van der Waals surface area contributed by atoms with E-state index in [1.807, 2.05) is 6.92 Å². The summed E-state index contributed by atoms with van der Waals surface area (Å²) in [4.78, 5) is 8.89. The molecule has 2 aromatic rings. The maximum Gasteiger partial charge on any atom is 0.494 e. The topological polar surface area (TPSA) is 127 Å². The lowest BCUT2D eigenvalue weighted by Crippen LogP contribution is -2.32. The maximum absolute atomic E-state index is 10.2. The molecule has 3 atom stereocenters. The van der Waals surface area contributed by atoms with Crippen LogP contribution in [0.25, 0.3) is 0 Å². The number of anilines is 2.